The first-order chi connectivity index (χ1) is 8.10. The summed E-state index contributed by atoms with van der Waals surface area (Å²) in [4.78, 5) is 14.5. The quantitative estimate of drug-likeness (QED) is 0.873. The van der Waals surface area contributed by atoms with Crippen molar-refractivity contribution in [2.75, 3.05) is 31.4 Å². The van der Waals surface area contributed by atoms with Gasteiger partial charge in [0.25, 0.3) is 5.95 Å². The van der Waals surface area contributed by atoms with Crippen molar-refractivity contribution in [3.05, 3.63) is 17.4 Å². The van der Waals surface area contributed by atoms with Gasteiger partial charge in [-0.2, -0.15) is 20.1 Å². The van der Waals surface area contributed by atoms with E-state index in [1.54, 1.807) is 18.1 Å². The predicted molar refractivity (Wildman–Crippen MR) is 65.8 cm³/mol. The average Bonchev–Trinajstić information content (AvgIpc) is 2.75. The lowest BCUT2D eigenvalue weighted by atomic mass is 10.7. The van der Waals surface area contributed by atoms with Crippen LogP contribution in [-0.2, 0) is 0 Å². The molecule has 0 aliphatic carbocycles. The van der Waals surface area contributed by atoms with Crippen molar-refractivity contribution in [3.63, 3.8) is 0 Å². The van der Waals surface area contributed by atoms with Crippen molar-refractivity contribution >= 4 is 23.5 Å². The summed E-state index contributed by atoms with van der Waals surface area (Å²) < 4.78 is 1.50. The number of nitrogens with one attached hydrogen (secondary N) is 1. The molecule has 0 aromatic carbocycles. The molecule has 0 aliphatic heterocycles. The van der Waals surface area contributed by atoms with Gasteiger partial charge in [-0.3, -0.25) is 0 Å². The molecule has 0 unspecified atom stereocenters. The molecule has 0 fully saturated rings. The molecule has 90 valence electrons. The number of rotatable bonds is 3. The molecule has 7 nitrogen and oxygen atoms in total. The summed E-state index contributed by atoms with van der Waals surface area (Å²) in [5, 5.41) is 7.45. The molecule has 0 saturated carbocycles. The largest absolute Gasteiger partial charge is 0.357 e. The van der Waals surface area contributed by atoms with Crippen LogP contribution in [0.15, 0.2) is 12.4 Å². The van der Waals surface area contributed by atoms with Crippen LogP contribution in [0.4, 0.5) is 11.9 Å². The summed E-state index contributed by atoms with van der Waals surface area (Å²) in [7, 11) is 5.46. The van der Waals surface area contributed by atoms with Crippen LogP contribution in [0.5, 0.6) is 0 Å². The molecule has 0 amide bonds. The molecule has 0 aliphatic rings. The van der Waals surface area contributed by atoms with E-state index >= 15 is 0 Å². The molecule has 1 N–H and O–H groups in total. The third kappa shape index (κ3) is 2.44. The molecule has 2 aromatic heterocycles. The standard InChI is InChI=1S/C9H12ClN7/c1-11-7-13-8(16(2)3)15-9(14-7)17-5-6(10)4-12-17/h4-5H,1-3H3,(H,11,13,14,15). The summed E-state index contributed by atoms with van der Waals surface area (Å²) in [5.74, 6) is 1.44. The van der Waals surface area contributed by atoms with Gasteiger partial charge >= 0.3 is 0 Å². The Kier molecular flexibility index (Phi) is 3.10. The van der Waals surface area contributed by atoms with E-state index in [-0.39, 0.29) is 0 Å². The Labute approximate surface area is 103 Å². The van der Waals surface area contributed by atoms with Gasteiger partial charge in [-0.1, -0.05) is 11.6 Å². The summed E-state index contributed by atoms with van der Waals surface area (Å²) >= 11 is 5.81. The highest BCUT2D eigenvalue weighted by Crippen LogP contribution is 2.12. The zero-order valence-electron chi connectivity index (χ0n) is 9.72. The van der Waals surface area contributed by atoms with E-state index < -0.39 is 0 Å². The van der Waals surface area contributed by atoms with E-state index in [2.05, 4.69) is 25.4 Å². The van der Waals surface area contributed by atoms with E-state index in [0.29, 0.717) is 22.9 Å². The molecule has 0 saturated heterocycles. The summed E-state index contributed by atoms with van der Waals surface area (Å²) in [5.41, 5.74) is 0. The fourth-order valence-corrected chi connectivity index (χ4v) is 1.31. The zero-order valence-corrected chi connectivity index (χ0v) is 10.5. The average molecular weight is 254 g/mol. The van der Waals surface area contributed by atoms with Gasteiger partial charge in [-0.15, -0.1) is 0 Å². The van der Waals surface area contributed by atoms with Crippen LogP contribution in [0.2, 0.25) is 5.02 Å². The van der Waals surface area contributed by atoms with Gasteiger partial charge in [0.05, 0.1) is 17.4 Å². The van der Waals surface area contributed by atoms with E-state index in [0.717, 1.165) is 0 Å². The highest BCUT2D eigenvalue weighted by molar-refractivity contribution is 6.30. The molecule has 0 radical (unpaired) electrons. The Bertz CT molecular complexity index is 522. The number of anilines is 2. The minimum Gasteiger partial charge on any atom is -0.357 e. The predicted octanol–water partition coefficient (Wildman–Crippen LogP) is 0.818. The van der Waals surface area contributed by atoms with Crippen LogP contribution in [0.3, 0.4) is 0 Å². The molecular weight excluding hydrogens is 242 g/mol. The fourth-order valence-electron chi connectivity index (χ4n) is 1.18. The molecule has 2 rings (SSSR count). The normalized spacial score (nSPS) is 10.4. The third-order valence-corrected chi connectivity index (χ3v) is 2.19. The minimum absolute atomic E-state index is 0.417. The molecule has 0 atom stereocenters. The zero-order chi connectivity index (χ0) is 12.4. The number of hydrogen-bond acceptors (Lipinski definition) is 6. The maximum absolute atomic E-state index is 5.81. The monoisotopic (exact) mass is 253 g/mol. The molecular formula is C9H12ClN7. The van der Waals surface area contributed by atoms with Crippen LogP contribution < -0.4 is 10.2 Å². The number of hydrogen-bond donors (Lipinski definition) is 1. The van der Waals surface area contributed by atoms with Gasteiger partial charge in [0.1, 0.15) is 0 Å². The van der Waals surface area contributed by atoms with Crippen molar-refractivity contribution in [2.24, 2.45) is 0 Å². The van der Waals surface area contributed by atoms with Gasteiger partial charge in [-0.05, 0) is 0 Å². The van der Waals surface area contributed by atoms with Crippen LogP contribution in [0, 0.1) is 0 Å². The summed E-state index contributed by atoms with van der Waals surface area (Å²) in [6.07, 6.45) is 3.16. The van der Waals surface area contributed by atoms with Crippen LogP contribution >= 0.6 is 11.6 Å². The van der Waals surface area contributed by atoms with Crippen molar-refractivity contribution in [1.29, 1.82) is 0 Å². The van der Waals surface area contributed by atoms with Crippen LogP contribution in [0.1, 0.15) is 0 Å². The molecule has 0 spiro atoms. The highest BCUT2D eigenvalue weighted by atomic mass is 35.5. The minimum atomic E-state index is 0.417. The highest BCUT2D eigenvalue weighted by Gasteiger charge is 2.09. The first kappa shape index (κ1) is 11.6. The molecule has 17 heavy (non-hydrogen) atoms. The molecule has 2 aromatic rings. The lowest BCUT2D eigenvalue weighted by Gasteiger charge is -2.12. The summed E-state index contributed by atoms with van der Waals surface area (Å²) in [6.45, 7) is 0. The van der Waals surface area contributed by atoms with Gasteiger partial charge in [0.15, 0.2) is 0 Å². The fraction of sp³-hybridized carbons (Fsp3) is 0.333. The molecule has 0 bridgehead atoms. The van der Waals surface area contributed by atoms with Gasteiger partial charge < -0.3 is 10.2 Å². The van der Waals surface area contributed by atoms with E-state index in [1.807, 2.05) is 14.1 Å². The first-order valence-corrected chi connectivity index (χ1v) is 5.29. The third-order valence-electron chi connectivity index (χ3n) is 1.99. The second-order valence-corrected chi connectivity index (χ2v) is 3.94. The number of halogens is 1. The lowest BCUT2D eigenvalue weighted by Crippen LogP contribution is -2.16. The van der Waals surface area contributed by atoms with Gasteiger partial charge in [0.2, 0.25) is 11.9 Å². The van der Waals surface area contributed by atoms with Crippen molar-refractivity contribution in [2.45, 2.75) is 0 Å². The number of aromatic nitrogens is 5. The maximum Gasteiger partial charge on any atom is 0.257 e. The Morgan fingerprint density at radius 3 is 2.59 bits per heavy atom. The Balaban J connectivity index is 2.49. The van der Waals surface area contributed by atoms with Crippen molar-refractivity contribution in [3.8, 4) is 5.95 Å². The van der Waals surface area contributed by atoms with E-state index in [1.165, 1.54) is 10.9 Å². The van der Waals surface area contributed by atoms with Crippen molar-refractivity contribution in [1.82, 2.24) is 24.7 Å². The molecule has 8 heteroatoms. The van der Waals surface area contributed by atoms with Crippen LogP contribution in [0.25, 0.3) is 5.95 Å². The second-order valence-electron chi connectivity index (χ2n) is 3.51. The topological polar surface area (TPSA) is 71.8 Å². The molecule has 2 heterocycles. The first-order valence-electron chi connectivity index (χ1n) is 4.92. The maximum atomic E-state index is 5.81. The second kappa shape index (κ2) is 4.54. The van der Waals surface area contributed by atoms with E-state index in [9.17, 15) is 0 Å². The Morgan fingerprint density at radius 1 is 1.29 bits per heavy atom. The van der Waals surface area contributed by atoms with E-state index in [4.69, 9.17) is 11.6 Å². The lowest BCUT2D eigenvalue weighted by molar-refractivity contribution is 0.790. The number of nitrogens with zero attached hydrogens (tertiary/aromatic N) is 6. The van der Waals surface area contributed by atoms with Gasteiger partial charge in [0, 0.05) is 21.1 Å². The Morgan fingerprint density at radius 2 is 2.06 bits per heavy atom. The van der Waals surface area contributed by atoms with Crippen LogP contribution in [-0.4, -0.2) is 45.9 Å². The SMILES string of the molecule is CNc1nc(N(C)C)nc(-n2cc(Cl)cn2)n1. The summed E-state index contributed by atoms with van der Waals surface area (Å²) in [6, 6.07) is 0. The van der Waals surface area contributed by atoms with Crippen molar-refractivity contribution < 1.29 is 0 Å². The Hall–Kier alpha value is -1.89. The smallest absolute Gasteiger partial charge is 0.257 e. The van der Waals surface area contributed by atoms with Gasteiger partial charge in [-0.25, -0.2) is 4.68 Å².